The van der Waals surface area contributed by atoms with Crippen molar-refractivity contribution in [3.63, 3.8) is 0 Å². The van der Waals surface area contributed by atoms with Crippen LogP contribution in [0.4, 0.5) is 0 Å². The van der Waals surface area contributed by atoms with Gasteiger partial charge in [0.2, 0.25) is 0 Å². The van der Waals surface area contributed by atoms with E-state index in [0.29, 0.717) is 5.02 Å². The van der Waals surface area contributed by atoms with Gasteiger partial charge in [0.05, 0.1) is 6.20 Å². The van der Waals surface area contributed by atoms with E-state index in [-0.39, 0.29) is 0 Å². The molecule has 0 fully saturated rings. The average Bonchev–Trinajstić information content (AvgIpc) is 1.69. The third-order valence-corrected chi connectivity index (χ3v) is 0.820. The summed E-state index contributed by atoms with van der Waals surface area (Å²) in [6.45, 7) is 0. The second-order valence-corrected chi connectivity index (χ2v) is 1.54. The van der Waals surface area contributed by atoms with E-state index >= 15 is 0 Å². The lowest BCUT2D eigenvalue weighted by Gasteiger charge is -1.78. The normalized spacial score (nSPS) is 8.71. The molecule has 0 aliphatic rings. The SMILES string of the molecule is Clc1c[c]ncc1. The number of rotatable bonds is 0. The second-order valence-electron chi connectivity index (χ2n) is 1.10. The van der Waals surface area contributed by atoms with Crippen LogP contribution in [0.15, 0.2) is 18.3 Å². The van der Waals surface area contributed by atoms with Gasteiger partial charge in [0.1, 0.15) is 0 Å². The smallest absolute Gasteiger partial charge is 0.0901 e. The molecule has 1 nitrogen and oxygen atoms in total. The van der Waals surface area contributed by atoms with Crippen LogP contribution < -0.4 is 0 Å². The van der Waals surface area contributed by atoms with Gasteiger partial charge in [-0.1, -0.05) is 11.6 Å². The lowest BCUT2D eigenvalue weighted by Crippen LogP contribution is -1.64. The Bertz CT molecular complexity index is 138. The standard InChI is InChI=1S/C5H3ClN/c6-5-1-3-7-4-2-5/h1-3H. The summed E-state index contributed by atoms with van der Waals surface area (Å²) in [5.74, 6) is 0. The Morgan fingerprint density at radius 2 is 2.57 bits per heavy atom. The number of aromatic nitrogens is 1. The van der Waals surface area contributed by atoms with Crippen molar-refractivity contribution in [3.05, 3.63) is 29.5 Å². The van der Waals surface area contributed by atoms with E-state index in [1.807, 2.05) is 0 Å². The van der Waals surface area contributed by atoms with E-state index in [1.54, 1.807) is 18.3 Å². The second kappa shape index (κ2) is 1.94. The first-order valence-corrected chi connectivity index (χ1v) is 2.25. The number of pyridine rings is 1. The molecule has 7 heavy (non-hydrogen) atoms. The Labute approximate surface area is 47.0 Å². The molecule has 0 amide bonds. The summed E-state index contributed by atoms with van der Waals surface area (Å²) in [6.07, 6.45) is 4.18. The number of nitrogens with zero attached hydrogens (tertiary/aromatic N) is 1. The monoisotopic (exact) mass is 112 g/mol. The maximum atomic E-state index is 5.47. The van der Waals surface area contributed by atoms with E-state index in [0.717, 1.165) is 0 Å². The van der Waals surface area contributed by atoms with Crippen molar-refractivity contribution >= 4 is 11.6 Å². The Hall–Kier alpha value is -0.560. The molecular weight excluding hydrogens is 110 g/mol. The van der Waals surface area contributed by atoms with Crippen molar-refractivity contribution in [1.29, 1.82) is 0 Å². The van der Waals surface area contributed by atoms with Crippen LogP contribution in [-0.4, -0.2) is 4.98 Å². The highest BCUT2D eigenvalue weighted by Crippen LogP contribution is 2.01. The summed E-state index contributed by atoms with van der Waals surface area (Å²) in [5.41, 5.74) is 0. The minimum atomic E-state index is 0.676. The molecule has 1 aromatic heterocycles. The molecule has 0 bridgehead atoms. The Morgan fingerprint density at radius 3 is 2.86 bits per heavy atom. The summed E-state index contributed by atoms with van der Waals surface area (Å²) < 4.78 is 0. The molecule has 0 aliphatic carbocycles. The fourth-order valence-electron chi connectivity index (χ4n) is 0.299. The van der Waals surface area contributed by atoms with Crippen LogP contribution in [0.1, 0.15) is 0 Å². The highest BCUT2D eigenvalue weighted by atomic mass is 35.5. The zero-order valence-corrected chi connectivity index (χ0v) is 4.31. The van der Waals surface area contributed by atoms with E-state index in [2.05, 4.69) is 11.2 Å². The summed E-state index contributed by atoms with van der Waals surface area (Å²) in [5, 5.41) is 0.676. The predicted octanol–water partition coefficient (Wildman–Crippen LogP) is 1.54. The topological polar surface area (TPSA) is 12.9 Å². The molecule has 0 aromatic carbocycles. The molecule has 0 saturated heterocycles. The summed E-state index contributed by atoms with van der Waals surface area (Å²) in [4.78, 5) is 3.64. The van der Waals surface area contributed by atoms with Crippen LogP contribution in [0.5, 0.6) is 0 Å². The quantitative estimate of drug-likeness (QED) is 0.496. The summed E-state index contributed by atoms with van der Waals surface area (Å²) >= 11 is 5.47. The summed E-state index contributed by atoms with van der Waals surface area (Å²) in [6, 6.07) is 3.32. The average molecular weight is 113 g/mol. The van der Waals surface area contributed by atoms with Gasteiger partial charge in [-0.3, -0.25) is 4.98 Å². The van der Waals surface area contributed by atoms with Gasteiger partial charge in [0.25, 0.3) is 0 Å². The molecule has 0 saturated carbocycles. The van der Waals surface area contributed by atoms with Crippen LogP contribution in [0.25, 0.3) is 0 Å². The molecule has 1 aromatic rings. The third-order valence-electron chi connectivity index (χ3n) is 0.585. The van der Waals surface area contributed by atoms with Crippen LogP contribution in [0, 0.1) is 6.20 Å². The minimum Gasteiger partial charge on any atom is -0.255 e. The predicted molar refractivity (Wildman–Crippen MR) is 28.1 cm³/mol. The van der Waals surface area contributed by atoms with Crippen molar-refractivity contribution in [2.45, 2.75) is 0 Å². The highest BCUT2D eigenvalue weighted by molar-refractivity contribution is 6.30. The molecule has 0 unspecified atom stereocenters. The van der Waals surface area contributed by atoms with Gasteiger partial charge in [-0.05, 0) is 12.1 Å². The molecule has 1 radical (unpaired) electrons. The van der Waals surface area contributed by atoms with Crippen molar-refractivity contribution in [2.24, 2.45) is 0 Å². The van der Waals surface area contributed by atoms with Gasteiger partial charge in [-0.2, -0.15) is 0 Å². The largest absolute Gasteiger partial charge is 0.255 e. The minimum absolute atomic E-state index is 0.676. The van der Waals surface area contributed by atoms with Crippen molar-refractivity contribution < 1.29 is 0 Å². The van der Waals surface area contributed by atoms with Gasteiger partial charge in [-0.25, -0.2) is 0 Å². The maximum absolute atomic E-state index is 5.47. The molecule has 0 aliphatic heterocycles. The first-order chi connectivity index (χ1) is 3.39. The van der Waals surface area contributed by atoms with Crippen LogP contribution >= 0.6 is 11.6 Å². The van der Waals surface area contributed by atoms with E-state index in [1.165, 1.54) is 0 Å². The van der Waals surface area contributed by atoms with Crippen molar-refractivity contribution in [1.82, 2.24) is 4.98 Å². The van der Waals surface area contributed by atoms with Crippen molar-refractivity contribution in [3.8, 4) is 0 Å². The van der Waals surface area contributed by atoms with Gasteiger partial charge in [0, 0.05) is 11.2 Å². The van der Waals surface area contributed by atoms with E-state index in [9.17, 15) is 0 Å². The molecule has 0 atom stereocenters. The lowest BCUT2D eigenvalue weighted by molar-refractivity contribution is 1.31. The Kier molecular flexibility index (Phi) is 1.27. The number of halogens is 1. The molecular formula is C5H3ClN. The zero-order chi connectivity index (χ0) is 5.11. The van der Waals surface area contributed by atoms with Crippen LogP contribution in [0.3, 0.4) is 0 Å². The van der Waals surface area contributed by atoms with Crippen molar-refractivity contribution in [2.75, 3.05) is 0 Å². The van der Waals surface area contributed by atoms with Gasteiger partial charge < -0.3 is 0 Å². The first-order valence-electron chi connectivity index (χ1n) is 1.87. The Morgan fingerprint density at radius 1 is 1.71 bits per heavy atom. The molecule has 35 valence electrons. The lowest BCUT2D eigenvalue weighted by atomic mass is 10.5. The highest BCUT2D eigenvalue weighted by Gasteiger charge is 1.76. The summed E-state index contributed by atoms with van der Waals surface area (Å²) in [7, 11) is 0. The Balaban J connectivity index is 3.02. The maximum Gasteiger partial charge on any atom is 0.0901 e. The third kappa shape index (κ3) is 1.16. The first kappa shape index (κ1) is 4.60. The molecule has 0 spiro atoms. The van der Waals surface area contributed by atoms with Crippen LogP contribution in [0.2, 0.25) is 5.02 Å². The zero-order valence-electron chi connectivity index (χ0n) is 3.56. The number of hydrogen-bond donors (Lipinski definition) is 0. The molecule has 0 N–H and O–H groups in total. The van der Waals surface area contributed by atoms with Gasteiger partial charge >= 0.3 is 0 Å². The fraction of sp³-hybridized carbons (Fsp3) is 0. The molecule has 1 heterocycles. The van der Waals surface area contributed by atoms with Gasteiger partial charge in [-0.15, -0.1) is 0 Å². The number of hydrogen-bond acceptors (Lipinski definition) is 1. The van der Waals surface area contributed by atoms with Gasteiger partial charge in [0.15, 0.2) is 0 Å². The molecule has 2 heteroatoms. The van der Waals surface area contributed by atoms with E-state index < -0.39 is 0 Å². The van der Waals surface area contributed by atoms with E-state index in [4.69, 9.17) is 11.6 Å². The molecule has 1 rings (SSSR count). The fourth-order valence-corrected chi connectivity index (χ4v) is 0.404. The van der Waals surface area contributed by atoms with Crippen LogP contribution in [-0.2, 0) is 0 Å².